The van der Waals surface area contributed by atoms with Crippen LogP contribution in [0.1, 0.15) is 37.4 Å². The molecule has 1 saturated heterocycles. The number of aromatic nitrogens is 1. The monoisotopic (exact) mass is 409 g/mol. The van der Waals surface area contributed by atoms with Crippen LogP contribution < -0.4 is 5.32 Å². The van der Waals surface area contributed by atoms with Crippen molar-refractivity contribution in [2.24, 2.45) is 5.92 Å². The third kappa shape index (κ3) is 4.08. The normalized spacial score (nSPS) is 19.2. The van der Waals surface area contributed by atoms with E-state index < -0.39 is 0 Å². The Morgan fingerprint density at radius 3 is 2.61 bits per heavy atom. The van der Waals surface area contributed by atoms with Crippen molar-refractivity contribution >= 4 is 29.1 Å². The molecule has 1 aliphatic rings. The summed E-state index contributed by atoms with van der Waals surface area (Å²) in [6, 6.07) is 20.3. The Labute approximate surface area is 175 Å². The van der Waals surface area contributed by atoms with Gasteiger partial charge >= 0.3 is 0 Å². The van der Waals surface area contributed by atoms with E-state index in [9.17, 15) is 0 Å². The van der Waals surface area contributed by atoms with Crippen molar-refractivity contribution < 1.29 is 4.42 Å². The number of thiocarbonyl (C=S) groups is 1. The maximum absolute atomic E-state index is 6.28. The lowest BCUT2D eigenvalue weighted by Crippen LogP contribution is -2.32. The van der Waals surface area contributed by atoms with Gasteiger partial charge < -0.3 is 14.6 Å². The fraction of sp³-hybridized carbons (Fsp3) is 0.273. The molecule has 0 bridgehead atoms. The highest BCUT2D eigenvalue weighted by Crippen LogP contribution is 2.41. The van der Waals surface area contributed by atoms with Crippen molar-refractivity contribution in [1.82, 2.24) is 15.2 Å². The van der Waals surface area contributed by atoms with Gasteiger partial charge in [0.15, 0.2) is 10.2 Å². The number of hydrogen-bond acceptors (Lipinski definition) is 4. The number of benzene rings is 1. The zero-order valence-corrected chi connectivity index (χ0v) is 17.5. The highest BCUT2D eigenvalue weighted by atomic mass is 32.2. The molecule has 3 heterocycles. The van der Waals surface area contributed by atoms with Crippen LogP contribution in [0.25, 0.3) is 0 Å². The molecule has 0 spiro atoms. The molecular formula is C22H23N3OS2. The summed E-state index contributed by atoms with van der Waals surface area (Å²) in [7, 11) is 0. The molecular weight excluding hydrogens is 386 g/mol. The van der Waals surface area contributed by atoms with Crippen LogP contribution in [0.3, 0.4) is 0 Å². The zero-order chi connectivity index (χ0) is 19.5. The first-order chi connectivity index (χ1) is 13.6. The molecule has 6 heteroatoms. The van der Waals surface area contributed by atoms with Gasteiger partial charge in [-0.2, -0.15) is 0 Å². The van der Waals surface area contributed by atoms with E-state index in [1.165, 1.54) is 0 Å². The quantitative estimate of drug-likeness (QED) is 0.546. The molecule has 144 valence electrons. The Bertz CT molecular complexity index is 927. The first-order valence-electron chi connectivity index (χ1n) is 9.42. The fourth-order valence-corrected chi connectivity index (χ4v) is 4.57. The van der Waals surface area contributed by atoms with Crippen LogP contribution in [0.4, 0.5) is 0 Å². The minimum atomic E-state index is -0.0341. The van der Waals surface area contributed by atoms with Gasteiger partial charge in [-0.25, -0.2) is 0 Å². The van der Waals surface area contributed by atoms with Crippen molar-refractivity contribution in [2.75, 3.05) is 6.54 Å². The number of hydrogen-bond donors (Lipinski definition) is 1. The van der Waals surface area contributed by atoms with E-state index in [4.69, 9.17) is 16.6 Å². The molecule has 0 saturated carbocycles. The average Bonchev–Trinajstić information content (AvgIpc) is 3.27. The lowest BCUT2D eigenvalue weighted by atomic mass is 10.0. The van der Waals surface area contributed by atoms with Gasteiger partial charge in [0.1, 0.15) is 11.8 Å². The summed E-state index contributed by atoms with van der Waals surface area (Å²) >= 11 is 7.29. The number of rotatable bonds is 6. The Morgan fingerprint density at radius 2 is 1.89 bits per heavy atom. The molecule has 1 fully saturated rings. The largest absolute Gasteiger partial charge is 0.452 e. The van der Waals surface area contributed by atoms with Crippen molar-refractivity contribution in [3.63, 3.8) is 0 Å². The fourth-order valence-electron chi connectivity index (χ4n) is 3.46. The van der Waals surface area contributed by atoms with E-state index >= 15 is 0 Å². The molecule has 0 aliphatic carbocycles. The first kappa shape index (κ1) is 19.0. The highest BCUT2D eigenvalue weighted by molar-refractivity contribution is 7.99. The lowest BCUT2D eigenvalue weighted by Gasteiger charge is -2.27. The minimum absolute atomic E-state index is 0.0186. The summed E-state index contributed by atoms with van der Waals surface area (Å²) in [6.07, 6.45) is 1.82. The summed E-state index contributed by atoms with van der Waals surface area (Å²) in [5.74, 6) is 1.39. The number of furan rings is 1. The maximum atomic E-state index is 6.28. The van der Waals surface area contributed by atoms with Crippen molar-refractivity contribution in [3.8, 4) is 0 Å². The van der Waals surface area contributed by atoms with Crippen LogP contribution in [0.2, 0.25) is 0 Å². The Balaban J connectivity index is 1.65. The molecule has 1 N–H and O–H groups in total. The highest BCUT2D eigenvalue weighted by Gasteiger charge is 2.41. The second-order valence-corrected chi connectivity index (χ2v) is 8.71. The van der Waals surface area contributed by atoms with Crippen LogP contribution in [0.5, 0.6) is 0 Å². The van der Waals surface area contributed by atoms with Crippen LogP contribution >= 0.6 is 24.0 Å². The molecule has 0 radical (unpaired) electrons. The van der Waals surface area contributed by atoms with Crippen molar-refractivity contribution in [2.45, 2.75) is 35.9 Å². The van der Waals surface area contributed by atoms with Gasteiger partial charge in [-0.15, -0.1) is 0 Å². The van der Waals surface area contributed by atoms with E-state index in [1.54, 1.807) is 11.8 Å². The van der Waals surface area contributed by atoms with Gasteiger partial charge in [-0.05, 0) is 54.5 Å². The summed E-state index contributed by atoms with van der Waals surface area (Å²) in [5, 5.41) is 5.09. The van der Waals surface area contributed by atoms with Crippen LogP contribution in [-0.4, -0.2) is 21.5 Å². The predicted octanol–water partition coefficient (Wildman–Crippen LogP) is 5.45. The molecule has 1 aromatic carbocycles. The number of nitrogens with one attached hydrogen (secondary N) is 1. The number of nitrogens with zero attached hydrogens (tertiary/aromatic N) is 2. The smallest absolute Gasteiger partial charge is 0.170 e. The Morgan fingerprint density at radius 1 is 1.11 bits per heavy atom. The molecule has 0 amide bonds. The SMILES string of the molecule is CC(C)CN1C(=S)N[C@@H](c2ccccn2)[C@H]1c1ccc(Sc2ccccc2)o1. The molecule has 4 rings (SSSR count). The average molecular weight is 410 g/mol. The second-order valence-electron chi connectivity index (χ2n) is 7.24. The van der Waals surface area contributed by atoms with E-state index in [-0.39, 0.29) is 12.1 Å². The van der Waals surface area contributed by atoms with E-state index in [0.717, 1.165) is 33.1 Å². The maximum Gasteiger partial charge on any atom is 0.170 e. The van der Waals surface area contributed by atoms with Crippen LogP contribution in [0, 0.1) is 5.92 Å². The third-order valence-electron chi connectivity index (χ3n) is 4.61. The summed E-state index contributed by atoms with van der Waals surface area (Å²) in [4.78, 5) is 7.95. The lowest BCUT2D eigenvalue weighted by molar-refractivity contribution is 0.242. The van der Waals surface area contributed by atoms with Gasteiger partial charge in [-0.1, -0.05) is 49.9 Å². The summed E-state index contributed by atoms with van der Waals surface area (Å²) in [6.45, 7) is 5.26. The molecule has 4 nitrogen and oxygen atoms in total. The van der Waals surface area contributed by atoms with Crippen molar-refractivity contribution in [3.05, 3.63) is 78.3 Å². The standard InChI is InChI=1S/C22H23N3OS2/c1-15(2)14-25-21(20(24-22(25)27)17-10-6-7-13-23-17)18-11-12-19(26-18)28-16-8-4-3-5-9-16/h3-13,15,20-21H,14H2,1-2H3,(H,24,27)/t20-,21+/m0/s1. The Kier molecular flexibility index (Phi) is 5.69. The first-order valence-corrected chi connectivity index (χ1v) is 10.6. The van der Waals surface area contributed by atoms with Gasteiger partial charge in [-0.3, -0.25) is 4.98 Å². The molecule has 2 atom stereocenters. The van der Waals surface area contributed by atoms with E-state index in [1.807, 2.05) is 48.7 Å². The van der Waals surface area contributed by atoms with Gasteiger partial charge in [0.05, 0.1) is 11.7 Å². The second kappa shape index (κ2) is 8.37. The number of pyridine rings is 1. The van der Waals surface area contributed by atoms with Crippen LogP contribution in [0.15, 0.2) is 81.3 Å². The van der Waals surface area contributed by atoms with Crippen molar-refractivity contribution in [1.29, 1.82) is 0 Å². The van der Waals surface area contributed by atoms with E-state index in [2.05, 4.69) is 47.2 Å². The molecule has 1 aliphatic heterocycles. The molecule has 0 unspecified atom stereocenters. The van der Waals surface area contributed by atoms with Gasteiger partial charge in [0.25, 0.3) is 0 Å². The molecule has 2 aromatic heterocycles. The van der Waals surface area contributed by atoms with Gasteiger partial charge in [0, 0.05) is 17.6 Å². The summed E-state index contributed by atoms with van der Waals surface area (Å²) in [5.41, 5.74) is 0.967. The predicted molar refractivity (Wildman–Crippen MR) is 116 cm³/mol. The minimum Gasteiger partial charge on any atom is -0.452 e. The Hall–Kier alpha value is -2.31. The zero-order valence-electron chi connectivity index (χ0n) is 15.9. The van der Waals surface area contributed by atoms with E-state index in [0.29, 0.717) is 5.92 Å². The van der Waals surface area contributed by atoms with Gasteiger partial charge in [0.2, 0.25) is 0 Å². The topological polar surface area (TPSA) is 41.3 Å². The van der Waals surface area contributed by atoms with Crippen LogP contribution in [-0.2, 0) is 0 Å². The summed E-state index contributed by atoms with van der Waals surface area (Å²) < 4.78 is 6.28. The third-order valence-corrected chi connectivity index (χ3v) is 5.90. The molecule has 28 heavy (non-hydrogen) atoms. The molecule has 3 aromatic rings.